The molecule has 2 aromatic carbocycles. The van der Waals surface area contributed by atoms with Gasteiger partial charge in [-0.1, -0.05) is 42.5 Å². The maximum atomic E-state index is 12.3. The Morgan fingerprint density at radius 3 is 2.32 bits per heavy atom. The van der Waals surface area contributed by atoms with E-state index in [4.69, 9.17) is 9.47 Å². The number of nitrogens with zero attached hydrogens (tertiary/aromatic N) is 2. The molecule has 1 amide bonds. The van der Waals surface area contributed by atoms with E-state index in [9.17, 15) is 9.59 Å². The van der Waals surface area contributed by atoms with E-state index in [-0.39, 0.29) is 12.3 Å². The fourth-order valence-electron chi connectivity index (χ4n) is 2.84. The predicted molar refractivity (Wildman–Crippen MR) is 105 cm³/mol. The highest BCUT2D eigenvalue weighted by molar-refractivity contribution is 6.01. The van der Waals surface area contributed by atoms with Crippen LogP contribution in [0.4, 0.5) is 5.69 Å². The molecule has 0 bridgehead atoms. The molecule has 7 nitrogen and oxygen atoms in total. The van der Waals surface area contributed by atoms with Gasteiger partial charge in [-0.2, -0.15) is 5.10 Å². The molecule has 1 N–H and O–H groups in total. The minimum absolute atomic E-state index is 0.181. The summed E-state index contributed by atoms with van der Waals surface area (Å²) in [5.41, 5.74) is 3.19. The van der Waals surface area contributed by atoms with Crippen molar-refractivity contribution in [3.8, 4) is 16.9 Å². The molecule has 0 atom stereocenters. The maximum absolute atomic E-state index is 12.3. The Hall–Kier alpha value is -3.61. The summed E-state index contributed by atoms with van der Waals surface area (Å²) in [6.07, 6.45) is 0. The third kappa shape index (κ3) is 4.20. The number of anilines is 1. The van der Waals surface area contributed by atoms with Crippen LogP contribution < -0.4 is 10.1 Å². The number of aryl methyl sites for hydroxylation is 2. The van der Waals surface area contributed by atoms with Gasteiger partial charge in [-0.3, -0.25) is 9.48 Å². The van der Waals surface area contributed by atoms with Crippen LogP contribution in [0.3, 0.4) is 0 Å². The van der Waals surface area contributed by atoms with Crippen molar-refractivity contribution in [1.82, 2.24) is 9.78 Å². The molecule has 144 valence electrons. The van der Waals surface area contributed by atoms with Gasteiger partial charge in [0.2, 0.25) is 0 Å². The van der Waals surface area contributed by atoms with Crippen LogP contribution >= 0.6 is 0 Å². The molecular weight excluding hydrogens is 358 g/mol. The summed E-state index contributed by atoms with van der Waals surface area (Å²) in [5.74, 6) is -0.393. The Labute approximate surface area is 162 Å². The lowest BCUT2D eigenvalue weighted by Gasteiger charge is -2.09. The lowest BCUT2D eigenvalue weighted by Crippen LogP contribution is -2.22. The van der Waals surface area contributed by atoms with Gasteiger partial charge in [0.05, 0.1) is 18.5 Å². The lowest BCUT2D eigenvalue weighted by molar-refractivity contribution is -0.118. The second-order valence-corrected chi connectivity index (χ2v) is 6.15. The summed E-state index contributed by atoms with van der Waals surface area (Å²) in [5, 5.41) is 6.82. The molecule has 0 unspecified atom stereocenters. The van der Waals surface area contributed by atoms with Crippen molar-refractivity contribution in [1.29, 1.82) is 0 Å². The molecule has 1 aromatic heterocycles. The summed E-state index contributed by atoms with van der Waals surface area (Å²) >= 11 is 0. The van der Waals surface area contributed by atoms with Crippen molar-refractivity contribution >= 4 is 17.6 Å². The molecule has 3 aromatic rings. The zero-order valence-electron chi connectivity index (χ0n) is 15.9. The molecule has 0 saturated heterocycles. The first-order chi connectivity index (χ1) is 13.5. The average Bonchev–Trinajstić information content (AvgIpc) is 2.99. The van der Waals surface area contributed by atoms with Crippen molar-refractivity contribution in [3.05, 3.63) is 66.0 Å². The first-order valence-corrected chi connectivity index (χ1v) is 8.69. The number of hydrogen-bond donors (Lipinski definition) is 1. The van der Waals surface area contributed by atoms with Crippen LogP contribution in [0.2, 0.25) is 0 Å². The molecule has 0 aliphatic rings. The van der Waals surface area contributed by atoms with Crippen LogP contribution in [-0.2, 0) is 16.6 Å². The third-order valence-corrected chi connectivity index (χ3v) is 4.20. The molecule has 1 heterocycles. The number of amides is 1. The zero-order valence-corrected chi connectivity index (χ0v) is 15.9. The first-order valence-electron chi connectivity index (χ1n) is 8.69. The van der Waals surface area contributed by atoms with Crippen LogP contribution in [0.15, 0.2) is 54.6 Å². The van der Waals surface area contributed by atoms with Gasteiger partial charge >= 0.3 is 5.97 Å². The monoisotopic (exact) mass is 379 g/mol. The summed E-state index contributed by atoms with van der Waals surface area (Å²) in [4.78, 5) is 24.2. The number of carbonyl (C=O) groups is 2. The first kappa shape index (κ1) is 19.2. The molecule has 0 aliphatic heterocycles. The van der Waals surface area contributed by atoms with E-state index in [1.165, 1.54) is 11.8 Å². The van der Waals surface area contributed by atoms with Gasteiger partial charge in [-0.05, 0) is 30.2 Å². The highest BCUT2D eigenvalue weighted by Gasteiger charge is 2.22. The Balaban J connectivity index is 1.63. The minimum atomic E-state index is -0.573. The quantitative estimate of drug-likeness (QED) is 0.665. The Morgan fingerprint density at radius 2 is 1.68 bits per heavy atom. The van der Waals surface area contributed by atoms with Crippen LogP contribution in [0.25, 0.3) is 11.1 Å². The van der Waals surface area contributed by atoms with E-state index in [1.807, 2.05) is 54.6 Å². The van der Waals surface area contributed by atoms with E-state index in [0.29, 0.717) is 17.1 Å². The van der Waals surface area contributed by atoms with E-state index in [1.54, 1.807) is 14.0 Å². The van der Waals surface area contributed by atoms with Gasteiger partial charge in [0.25, 0.3) is 5.91 Å². The number of aromatic nitrogens is 2. The Kier molecular flexibility index (Phi) is 5.74. The SMILES string of the molecule is COC(=O)c1c(NC(=O)COc2ccc(-c3ccccc3)cc2)c(C)nn1C. The fourth-order valence-corrected chi connectivity index (χ4v) is 2.84. The van der Waals surface area contributed by atoms with Gasteiger partial charge in [0, 0.05) is 7.05 Å². The van der Waals surface area contributed by atoms with Crippen LogP contribution in [0.5, 0.6) is 5.75 Å². The summed E-state index contributed by atoms with van der Waals surface area (Å²) in [6, 6.07) is 17.5. The van der Waals surface area contributed by atoms with Crippen LogP contribution in [0, 0.1) is 6.92 Å². The van der Waals surface area contributed by atoms with Gasteiger partial charge in [-0.15, -0.1) is 0 Å². The second kappa shape index (κ2) is 8.39. The number of benzene rings is 2. The maximum Gasteiger partial charge on any atom is 0.358 e. The molecule has 0 fully saturated rings. The van der Waals surface area contributed by atoms with Crippen molar-refractivity contribution in [2.45, 2.75) is 6.92 Å². The second-order valence-electron chi connectivity index (χ2n) is 6.15. The Bertz CT molecular complexity index is 979. The summed E-state index contributed by atoms with van der Waals surface area (Å²) in [7, 11) is 2.89. The topological polar surface area (TPSA) is 82.4 Å². The minimum Gasteiger partial charge on any atom is -0.484 e. The normalized spacial score (nSPS) is 10.4. The largest absolute Gasteiger partial charge is 0.484 e. The van der Waals surface area contributed by atoms with Crippen molar-refractivity contribution < 1.29 is 19.1 Å². The van der Waals surface area contributed by atoms with Crippen molar-refractivity contribution in [2.24, 2.45) is 7.05 Å². The number of nitrogens with one attached hydrogen (secondary N) is 1. The van der Waals surface area contributed by atoms with E-state index >= 15 is 0 Å². The number of hydrogen-bond acceptors (Lipinski definition) is 5. The van der Waals surface area contributed by atoms with Gasteiger partial charge in [-0.25, -0.2) is 4.79 Å². The average molecular weight is 379 g/mol. The van der Waals surface area contributed by atoms with Gasteiger partial charge in [0.1, 0.15) is 5.75 Å². The number of esters is 1. The zero-order chi connectivity index (χ0) is 20.1. The number of rotatable bonds is 6. The summed E-state index contributed by atoms with van der Waals surface area (Å²) < 4.78 is 11.7. The molecule has 0 saturated carbocycles. The highest BCUT2D eigenvalue weighted by Crippen LogP contribution is 2.23. The number of methoxy groups -OCH3 is 1. The smallest absolute Gasteiger partial charge is 0.358 e. The molecule has 3 rings (SSSR count). The van der Waals surface area contributed by atoms with Crippen molar-refractivity contribution in [3.63, 3.8) is 0 Å². The third-order valence-electron chi connectivity index (χ3n) is 4.20. The predicted octanol–water partition coefficient (Wildman–Crippen LogP) is 3.20. The van der Waals surface area contributed by atoms with Crippen LogP contribution in [-0.4, -0.2) is 35.4 Å². The van der Waals surface area contributed by atoms with Crippen LogP contribution in [0.1, 0.15) is 16.2 Å². The molecule has 7 heteroatoms. The standard InChI is InChI=1S/C21H21N3O4/c1-14-19(20(21(26)27-3)24(2)23-14)22-18(25)13-28-17-11-9-16(10-12-17)15-7-5-4-6-8-15/h4-12H,13H2,1-3H3,(H,22,25). The lowest BCUT2D eigenvalue weighted by atomic mass is 10.1. The molecule has 0 spiro atoms. The van der Waals surface area contributed by atoms with E-state index < -0.39 is 11.9 Å². The van der Waals surface area contributed by atoms with Crippen molar-refractivity contribution in [2.75, 3.05) is 19.0 Å². The number of carbonyl (C=O) groups excluding carboxylic acids is 2. The molecule has 28 heavy (non-hydrogen) atoms. The molecular formula is C21H21N3O4. The number of ether oxygens (including phenoxy) is 2. The summed E-state index contributed by atoms with van der Waals surface area (Å²) in [6.45, 7) is 1.50. The fraction of sp³-hybridized carbons (Fsp3) is 0.190. The van der Waals surface area contributed by atoms with E-state index in [0.717, 1.165) is 11.1 Å². The van der Waals surface area contributed by atoms with Gasteiger partial charge < -0.3 is 14.8 Å². The Morgan fingerprint density at radius 1 is 1.04 bits per heavy atom. The van der Waals surface area contributed by atoms with Gasteiger partial charge in [0.15, 0.2) is 12.3 Å². The molecule has 0 radical (unpaired) electrons. The van der Waals surface area contributed by atoms with E-state index in [2.05, 4.69) is 10.4 Å². The highest BCUT2D eigenvalue weighted by atomic mass is 16.5. The molecule has 0 aliphatic carbocycles.